The van der Waals surface area contributed by atoms with Gasteiger partial charge in [-0.1, -0.05) is 44.4 Å². The first-order valence-electron chi connectivity index (χ1n) is 7.27. The largest absolute Gasteiger partial charge is 0.425 e. The summed E-state index contributed by atoms with van der Waals surface area (Å²) in [6, 6.07) is 8.40. The molecule has 2 aromatic rings. The number of hydrogen-bond acceptors (Lipinski definition) is 3. The Labute approximate surface area is 123 Å². The number of benzene rings is 1. The number of unbranched alkanes of at least 4 members (excludes halogenated alkanes) is 3. The maximum Gasteiger partial charge on any atom is 0.291 e. The molecule has 0 bridgehead atoms. The van der Waals surface area contributed by atoms with Crippen molar-refractivity contribution in [1.29, 1.82) is 0 Å². The van der Waals surface area contributed by atoms with Crippen LogP contribution in [0.2, 0.25) is 0 Å². The molecule has 2 N–H and O–H groups in total. The van der Waals surface area contributed by atoms with E-state index in [1.807, 2.05) is 0 Å². The standard InChI is InChI=1S/C16H20N2O3/c1-2-3-4-7-10-17-15(19)14-11-12-8-5-6-9-13(12)16(20)18(14)21/h5-6,8-9,11,21H,2-4,7,10H2,1H3,(H,17,19). The van der Waals surface area contributed by atoms with Gasteiger partial charge < -0.3 is 10.5 Å². The predicted octanol–water partition coefficient (Wildman–Crippen LogP) is 2.55. The Kier molecular flexibility index (Phi) is 4.98. The molecule has 0 saturated carbocycles. The van der Waals surface area contributed by atoms with Gasteiger partial charge in [0.05, 0.1) is 5.39 Å². The summed E-state index contributed by atoms with van der Waals surface area (Å²) in [6.07, 6.45) is 4.22. The highest BCUT2D eigenvalue weighted by atomic mass is 16.5. The minimum atomic E-state index is -0.579. The van der Waals surface area contributed by atoms with Gasteiger partial charge in [0.25, 0.3) is 11.5 Å². The van der Waals surface area contributed by atoms with E-state index in [9.17, 15) is 14.8 Å². The number of fused-ring (bicyclic) bond motifs is 1. The van der Waals surface area contributed by atoms with Crippen LogP contribution in [0.5, 0.6) is 0 Å². The average molecular weight is 288 g/mol. The fourth-order valence-corrected chi connectivity index (χ4v) is 2.26. The van der Waals surface area contributed by atoms with Crippen LogP contribution in [-0.4, -0.2) is 22.4 Å². The second-order valence-corrected chi connectivity index (χ2v) is 5.05. The third-order valence-corrected chi connectivity index (χ3v) is 3.45. The number of amides is 1. The minimum absolute atomic E-state index is 0.0332. The number of nitrogens with one attached hydrogen (secondary N) is 1. The minimum Gasteiger partial charge on any atom is -0.425 e. The molecule has 21 heavy (non-hydrogen) atoms. The van der Waals surface area contributed by atoms with Crippen molar-refractivity contribution in [2.45, 2.75) is 32.6 Å². The lowest BCUT2D eigenvalue weighted by molar-refractivity contribution is 0.0893. The van der Waals surface area contributed by atoms with Crippen LogP contribution in [0.15, 0.2) is 35.1 Å². The Morgan fingerprint density at radius 3 is 2.76 bits per heavy atom. The zero-order valence-electron chi connectivity index (χ0n) is 12.1. The van der Waals surface area contributed by atoms with Crippen LogP contribution in [0.3, 0.4) is 0 Å². The van der Waals surface area contributed by atoms with E-state index in [0.717, 1.165) is 25.7 Å². The molecule has 0 fully saturated rings. The van der Waals surface area contributed by atoms with Crippen LogP contribution in [0.4, 0.5) is 0 Å². The molecule has 1 heterocycles. The van der Waals surface area contributed by atoms with Crippen LogP contribution in [0.25, 0.3) is 10.8 Å². The van der Waals surface area contributed by atoms with Gasteiger partial charge in [-0.15, -0.1) is 4.73 Å². The van der Waals surface area contributed by atoms with E-state index < -0.39 is 11.5 Å². The molecule has 0 aliphatic heterocycles. The summed E-state index contributed by atoms with van der Waals surface area (Å²) < 4.78 is 0.420. The van der Waals surface area contributed by atoms with Crippen molar-refractivity contribution < 1.29 is 10.0 Å². The summed E-state index contributed by atoms with van der Waals surface area (Å²) in [5.74, 6) is -0.433. The van der Waals surface area contributed by atoms with E-state index in [1.54, 1.807) is 24.3 Å². The number of nitrogens with zero attached hydrogens (tertiary/aromatic N) is 1. The zero-order valence-corrected chi connectivity index (χ0v) is 12.1. The van der Waals surface area contributed by atoms with E-state index in [4.69, 9.17) is 0 Å². The quantitative estimate of drug-likeness (QED) is 0.634. The van der Waals surface area contributed by atoms with E-state index in [1.165, 1.54) is 6.07 Å². The molecule has 0 aliphatic carbocycles. The van der Waals surface area contributed by atoms with Crippen LogP contribution in [0.1, 0.15) is 43.1 Å². The predicted molar refractivity (Wildman–Crippen MR) is 81.9 cm³/mol. The fourth-order valence-electron chi connectivity index (χ4n) is 2.26. The van der Waals surface area contributed by atoms with Gasteiger partial charge in [0.2, 0.25) is 0 Å². The van der Waals surface area contributed by atoms with Crippen molar-refractivity contribution in [1.82, 2.24) is 10.0 Å². The second kappa shape index (κ2) is 6.92. The monoisotopic (exact) mass is 288 g/mol. The fraction of sp³-hybridized carbons (Fsp3) is 0.375. The van der Waals surface area contributed by atoms with Crippen molar-refractivity contribution in [3.63, 3.8) is 0 Å². The Morgan fingerprint density at radius 1 is 1.24 bits per heavy atom. The Bertz CT molecular complexity index is 691. The van der Waals surface area contributed by atoms with E-state index in [0.29, 0.717) is 22.0 Å². The van der Waals surface area contributed by atoms with Crippen LogP contribution >= 0.6 is 0 Å². The highest BCUT2D eigenvalue weighted by molar-refractivity contribution is 5.96. The number of carbonyl (C=O) groups excluding carboxylic acids is 1. The second-order valence-electron chi connectivity index (χ2n) is 5.05. The molecule has 112 valence electrons. The van der Waals surface area contributed by atoms with Crippen LogP contribution in [0, 0.1) is 0 Å². The normalized spacial score (nSPS) is 10.7. The van der Waals surface area contributed by atoms with Crippen molar-refractivity contribution >= 4 is 16.7 Å². The van der Waals surface area contributed by atoms with Gasteiger partial charge in [0.1, 0.15) is 5.69 Å². The van der Waals surface area contributed by atoms with Crippen LogP contribution in [-0.2, 0) is 0 Å². The topological polar surface area (TPSA) is 71.3 Å². The molecule has 5 nitrogen and oxygen atoms in total. The number of carbonyl (C=O) groups is 1. The molecule has 0 saturated heterocycles. The molecule has 0 atom stereocenters. The van der Waals surface area contributed by atoms with Crippen molar-refractivity contribution in [3.05, 3.63) is 46.4 Å². The SMILES string of the molecule is CCCCCCNC(=O)c1cc2ccccc2c(=O)n1O. The third-order valence-electron chi connectivity index (χ3n) is 3.45. The Balaban J connectivity index is 2.16. The first-order chi connectivity index (χ1) is 10.1. The van der Waals surface area contributed by atoms with Gasteiger partial charge in [-0.3, -0.25) is 9.59 Å². The summed E-state index contributed by atoms with van der Waals surface area (Å²) >= 11 is 0. The number of hydrogen-bond donors (Lipinski definition) is 2. The molecular weight excluding hydrogens is 268 g/mol. The first-order valence-corrected chi connectivity index (χ1v) is 7.27. The molecule has 1 aromatic heterocycles. The van der Waals surface area contributed by atoms with E-state index in [2.05, 4.69) is 12.2 Å². The molecule has 1 aromatic carbocycles. The van der Waals surface area contributed by atoms with Gasteiger partial charge in [-0.2, -0.15) is 0 Å². The first kappa shape index (κ1) is 15.1. The summed E-state index contributed by atoms with van der Waals surface area (Å²) in [5, 5.41) is 13.6. The van der Waals surface area contributed by atoms with Gasteiger partial charge in [0, 0.05) is 6.54 Å². The molecule has 0 radical (unpaired) electrons. The van der Waals surface area contributed by atoms with Crippen molar-refractivity contribution in [2.24, 2.45) is 0 Å². The van der Waals surface area contributed by atoms with E-state index >= 15 is 0 Å². The molecule has 0 unspecified atom stereocenters. The highest BCUT2D eigenvalue weighted by Crippen LogP contribution is 2.11. The van der Waals surface area contributed by atoms with Crippen molar-refractivity contribution in [2.75, 3.05) is 6.54 Å². The summed E-state index contributed by atoms with van der Waals surface area (Å²) in [7, 11) is 0. The Morgan fingerprint density at radius 2 is 2.00 bits per heavy atom. The molecule has 2 rings (SSSR count). The lowest BCUT2D eigenvalue weighted by Gasteiger charge is -2.09. The summed E-state index contributed by atoms with van der Waals surface area (Å²) in [5.41, 5.74) is -0.613. The van der Waals surface area contributed by atoms with Gasteiger partial charge in [-0.25, -0.2) is 0 Å². The molecule has 5 heteroatoms. The summed E-state index contributed by atoms with van der Waals surface area (Å²) in [6.45, 7) is 2.66. The lowest BCUT2D eigenvalue weighted by atomic mass is 10.1. The average Bonchev–Trinajstić information content (AvgIpc) is 2.50. The van der Waals surface area contributed by atoms with Gasteiger partial charge in [-0.05, 0) is 23.9 Å². The van der Waals surface area contributed by atoms with Gasteiger partial charge >= 0.3 is 0 Å². The van der Waals surface area contributed by atoms with Gasteiger partial charge in [0.15, 0.2) is 0 Å². The number of aromatic nitrogens is 1. The third kappa shape index (κ3) is 3.42. The zero-order chi connectivity index (χ0) is 15.2. The Hall–Kier alpha value is -2.30. The maximum absolute atomic E-state index is 12.1. The molecular formula is C16H20N2O3. The molecule has 1 amide bonds. The highest BCUT2D eigenvalue weighted by Gasteiger charge is 2.14. The number of rotatable bonds is 6. The van der Waals surface area contributed by atoms with E-state index in [-0.39, 0.29) is 5.69 Å². The molecule has 0 spiro atoms. The van der Waals surface area contributed by atoms with Crippen molar-refractivity contribution in [3.8, 4) is 0 Å². The van der Waals surface area contributed by atoms with Crippen LogP contribution < -0.4 is 10.9 Å². The maximum atomic E-state index is 12.1. The summed E-state index contributed by atoms with van der Waals surface area (Å²) in [4.78, 5) is 24.1. The molecule has 0 aliphatic rings. The lowest BCUT2D eigenvalue weighted by Crippen LogP contribution is -2.32. The smallest absolute Gasteiger partial charge is 0.291 e. The number of pyridine rings is 1.